The van der Waals surface area contributed by atoms with Gasteiger partial charge in [-0.3, -0.25) is 4.99 Å². The zero-order chi connectivity index (χ0) is 13.1. The lowest BCUT2D eigenvalue weighted by molar-refractivity contribution is 0.529. The van der Waals surface area contributed by atoms with Gasteiger partial charge in [0.1, 0.15) is 5.82 Å². The number of amidine groups is 1. The van der Waals surface area contributed by atoms with Crippen molar-refractivity contribution < 1.29 is 4.39 Å². The lowest BCUT2D eigenvalue weighted by Crippen LogP contribution is -2.08. The van der Waals surface area contributed by atoms with E-state index in [0.29, 0.717) is 17.5 Å². The fourth-order valence-electron chi connectivity index (χ4n) is 2.01. The number of nitrogens with one attached hydrogen (secondary N) is 1. The molecule has 1 aromatic rings. The van der Waals surface area contributed by atoms with E-state index < -0.39 is 0 Å². The van der Waals surface area contributed by atoms with Crippen molar-refractivity contribution in [2.45, 2.75) is 33.2 Å². The Bertz CT molecular complexity index is 457. The van der Waals surface area contributed by atoms with Crippen molar-refractivity contribution in [1.29, 1.82) is 0 Å². The maximum absolute atomic E-state index is 13.4. The molecule has 0 spiro atoms. The fraction of sp³-hybridized carbons (Fsp3) is 0.500. The summed E-state index contributed by atoms with van der Waals surface area (Å²) in [6, 6.07) is 5.48. The van der Waals surface area contributed by atoms with Crippen LogP contribution in [0, 0.1) is 18.7 Å². The third-order valence-corrected chi connectivity index (χ3v) is 4.00. The molecule has 0 saturated carbocycles. The molecule has 2 nitrogen and oxygen atoms in total. The van der Waals surface area contributed by atoms with Crippen molar-refractivity contribution >= 4 is 22.6 Å². The molecular formula is C14H19FN2S. The van der Waals surface area contributed by atoms with E-state index >= 15 is 0 Å². The summed E-state index contributed by atoms with van der Waals surface area (Å²) >= 11 is 1.72. The van der Waals surface area contributed by atoms with Gasteiger partial charge in [0.2, 0.25) is 0 Å². The number of hydrogen-bond acceptors (Lipinski definition) is 3. The van der Waals surface area contributed by atoms with Crippen LogP contribution in [-0.2, 0) is 0 Å². The van der Waals surface area contributed by atoms with Crippen molar-refractivity contribution in [3.8, 4) is 0 Å². The van der Waals surface area contributed by atoms with Crippen LogP contribution < -0.4 is 5.32 Å². The first-order valence-electron chi connectivity index (χ1n) is 6.29. The molecule has 98 valence electrons. The number of rotatable bonds is 3. The molecule has 0 aliphatic carbocycles. The highest BCUT2D eigenvalue weighted by molar-refractivity contribution is 8.14. The van der Waals surface area contributed by atoms with Gasteiger partial charge >= 0.3 is 0 Å². The molecule has 2 rings (SSSR count). The number of aliphatic imine (C=N–C) groups is 1. The van der Waals surface area contributed by atoms with E-state index in [2.05, 4.69) is 24.2 Å². The van der Waals surface area contributed by atoms with Gasteiger partial charge in [-0.2, -0.15) is 0 Å². The molecule has 1 aliphatic rings. The van der Waals surface area contributed by atoms with Gasteiger partial charge in [0.25, 0.3) is 0 Å². The van der Waals surface area contributed by atoms with Crippen LogP contribution in [0.5, 0.6) is 0 Å². The molecule has 1 atom stereocenters. The van der Waals surface area contributed by atoms with Gasteiger partial charge in [-0.15, -0.1) is 0 Å². The Morgan fingerprint density at radius 1 is 1.50 bits per heavy atom. The Labute approximate surface area is 112 Å². The average Bonchev–Trinajstić information content (AvgIpc) is 2.71. The van der Waals surface area contributed by atoms with Crippen molar-refractivity contribution in [3.05, 3.63) is 29.6 Å². The Kier molecular flexibility index (Phi) is 4.27. The lowest BCUT2D eigenvalue weighted by atomic mass is 10.1. The predicted molar refractivity (Wildman–Crippen MR) is 77.9 cm³/mol. The molecule has 1 N–H and O–H groups in total. The third-order valence-electron chi connectivity index (χ3n) is 2.97. The second-order valence-corrected chi connectivity index (χ2v) is 6.07. The van der Waals surface area contributed by atoms with Crippen LogP contribution in [0.2, 0.25) is 0 Å². The smallest absolute Gasteiger partial charge is 0.161 e. The standard InChI is InChI=1S/C14H19FN2S/c1-9(2)7-11-8-18-14(16-11)17-13-6-4-5-12(15)10(13)3/h4-6,9,11H,7-8H2,1-3H3,(H,16,17). The van der Waals surface area contributed by atoms with Crippen LogP contribution in [0.1, 0.15) is 25.8 Å². The number of nitrogens with zero attached hydrogens (tertiary/aromatic N) is 1. The molecule has 0 amide bonds. The van der Waals surface area contributed by atoms with Crippen LogP contribution in [0.25, 0.3) is 0 Å². The number of halogens is 1. The van der Waals surface area contributed by atoms with Crippen LogP contribution in [0.4, 0.5) is 10.1 Å². The topological polar surface area (TPSA) is 24.4 Å². The van der Waals surface area contributed by atoms with Gasteiger partial charge < -0.3 is 5.32 Å². The molecular weight excluding hydrogens is 247 g/mol. The Morgan fingerprint density at radius 3 is 3.00 bits per heavy atom. The lowest BCUT2D eigenvalue weighted by Gasteiger charge is -2.09. The van der Waals surface area contributed by atoms with E-state index in [1.54, 1.807) is 24.8 Å². The van der Waals surface area contributed by atoms with Crippen LogP contribution in [0.3, 0.4) is 0 Å². The molecule has 1 heterocycles. The van der Waals surface area contributed by atoms with Crippen LogP contribution in [0.15, 0.2) is 23.2 Å². The molecule has 0 radical (unpaired) electrons. The number of hydrogen-bond donors (Lipinski definition) is 1. The highest BCUT2D eigenvalue weighted by Gasteiger charge is 2.19. The second-order valence-electron chi connectivity index (χ2n) is 5.07. The summed E-state index contributed by atoms with van der Waals surface area (Å²) in [5.41, 5.74) is 1.46. The number of benzene rings is 1. The Balaban J connectivity index is 2.04. The maximum Gasteiger partial charge on any atom is 0.161 e. The largest absolute Gasteiger partial charge is 0.335 e. The molecule has 1 aromatic carbocycles. The van der Waals surface area contributed by atoms with Crippen molar-refractivity contribution in [3.63, 3.8) is 0 Å². The Morgan fingerprint density at radius 2 is 2.28 bits per heavy atom. The highest BCUT2D eigenvalue weighted by Crippen LogP contribution is 2.25. The SMILES string of the molecule is Cc1c(F)cccc1NC1=NC(CC(C)C)CS1. The maximum atomic E-state index is 13.4. The van der Waals surface area contributed by atoms with E-state index in [9.17, 15) is 4.39 Å². The van der Waals surface area contributed by atoms with E-state index in [1.165, 1.54) is 6.07 Å². The molecule has 1 unspecified atom stereocenters. The number of anilines is 1. The van der Waals surface area contributed by atoms with Gasteiger partial charge in [-0.1, -0.05) is 31.7 Å². The monoisotopic (exact) mass is 266 g/mol. The van der Waals surface area contributed by atoms with Gasteiger partial charge in [0.15, 0.2) is 5.17 Å². The normalized spacial score (nSPS) is 19.2. The summed E-state index contributed by atoms with van der Waals surface area (Å²) in [6.45, 7) is 6.20. The van der Waals surface area contributed by atoms with Crippen molar-refractivity contribution in [2.75, 3.05) is 11.1 Å². The van der Waals surface area contributed by atoms with E-state index in [-0.39, 0.29) is 5.82 Å². The summed E-state index contributed by atoms with van der Waals surface area (Å²) in [7, 11) is 0. The first-order valence-corrected chi connectivity index (χ1v) is 7.27. The minimum absolute atomic E-state index is 0.178. The summed E-state index contributed by atoms with van der Waals surface area (Å²) < 4.78 is 13.4. The quantitative estimate of drug-likeness (QED) is 0.892. The zero-order valence-electron chi connectivity index (χ0n) is 11.0. The van der Waals surface area contributed by atoms with Crippen molar-refractivity contribution in [1.82, 2.24) is 0 Å². The molecule has 0 saturated heterocycles. The minimum atomic E-state index is -0.178. The molecule has 0 fully saturated rings. The minimum Gasteiger partial charge on any atom is -0.335 e. The molecule has 18 heavy (non-hydrogen) atoms. The van der Waals surface area contributed by atoms with Crippen LogP contribution >= 0.6 is 11.8 Å². The Hall–Kier alpha value is -1.03. The zero-order valence-corrected chi connectivity index (χ0v) is 11.9. The van der Waals surface area contributed by atoms with E-state index in [1.807, 2.05) is 6.07 Å². The molecule has 0 bridgehead atoms. The highest BCUT2D eigenvalue weighted by atomic mass is 32.2. The van der Waals surface area contributed by atoms with Gasteiger partial charge in [-0.05, 0) is 31.4 Å². The third kappa shape index (κ3) is 3.25. The number of thioether (sulfide) groups is 1. The summed E-state index contributed by atoms with van der Waals surface area (Å²) in [5.74, 6) is 1.51. The molecule has 0 aromatic heterocycles. The average molecular weight is 266 g/mol. The van der Waals surface area contributed by atoms with E-state index in [0.717, 1.165) is 23.0 Å². The second kappa shape index (κ2) is 5.74. The van der Waals surface area contributed by atoms with E-state index in [4.69, 9.17) is 0 Å². The van der Waals surface area contributed by atoms with Crippen LogP contribution in [-0.4, -0.2) is 17.0 Å². The summed E-state index contributed by atoms with van der Waals surface area (Å²) in [5, 5.41) is 4.14. The molecule has 1 aliphatic heterocycles. The van der Waals surface area contributed by atoms with Gasteiger partial charge in [0.05, 0.1) is 6.04 Å². The van der Waals surface area contributed by atoms with Gasteiger partial charge in [0, 0.05) is 17.0 Å². The summed E-state index contributed by atoms with van der Waals surface area (Å²) in [4.78, 5) is 4.64. The first kappa shape index (κ1) is 13.4. The van der Waals surface area contributed by atoms with Gasteiger partial charge in [-0.25, -0.2) is 4.39 Å². The predicted octanol–water partition coefficient (Wildman–Crippen LogP) is 4.06. The van der Waals surface area contributed by atoms with Crippen molar-refractivity contribution in [2.24, 2.45) is 10.9 Å². The summed E-state index contributed by atoms with van der Waals surface area (Å²) in [6.07, 6.45) is 1.11. The molecule has 4 heteroatoms. The fourth-order valence-corrected chi connectivity index (χ4v) is 2.97. The first-order chi connectivity index (χ1) is 8.56.